The fourth-order valence-corrected chi connectivity index (χ4v) is 2.94. The summed E-state index contributed by atoms with van der Waals surface area (Å²) >= 11 is 3.53. The Kier molecular flexibility index (Phi) is 3.79. The first-order valence-corrected chi connectivity index (χ1v) is 7.09. The van der Waals surface area contributed by atoms with Crippen LogP contribution in [0.3, 0.4) is 0 Å². The minimum atomic E-state index is 0.248. The largest absolute Gasteiger partial charge is 0.368 e. The van der Waals surface area contributed by atoms with E-state index in [9.17, 15) is 0 Å². The SMILES string of the molecule is CCC1(C)CN(c2ccc(Br)cc2C)CCN1. The van der Waals surface area contributed by atoms with Crippen LogP contribution in [-0.2, 0) is 0 Å². The van der Waals surface area contributed by atoms with E-state index in [1.165, 1.54) is 17.7 Å². The number of benzene rings is 1. The fourth-order valence-electron chi connectivity index (χ4n) is 2.46. The zero-order valence-corrected chi connectivity index (χ0v) is 12.5. The van der Waals surface area contributed by atoms with Gasteiger partial charge in [0.05, 0.1) is 0 Å². The monoisotopic (exact) mass is 296 g/mol. The molecule has 1 aliphatic heterocycles. The van der Waals surface area contributed by atoms with Crippen LogP contribution in [0, 0.1) is 6.92 Å². The van der Waals surface area contributed by atoms with Gasteiger partial charge in [-0.15, -0.1) is 0 Å². The highest BCUT2D eigenvalue weighted by atomic mass is 79.9. The van der Waals surface area contributed by atoms with Crippen molar-refractivity contribution in [3.63, 3.8) is 0 Å². The minimum absolute atomic E-state index is 0.248. The lowest BCUT2D eigenvalue weighted by Crippen LogP contribution is -2.58. The molecular weight excluding hydrogens is 276 g/mol. The standard InChI is InChI=1S/C14H21BrN2/c1-4-14(3)10-17(8-7-16-14)13-6-5-12(15)9-11(13)2/h5-6,9,16H,4,7-8,10H2,1-3H3. The number of hydrogen-bond acceptors (Lipinski definition) is 2. The lowest BCUT2D eigenvalue weighted by molar-refractivity contribution is 0.314. The van der Waals surface area contributed by atoms with Gasteiger partial charge in [0.25, 0.3) is 0 Å². The molecule has 0 spiro atoms. The van der Waals surface area contributed by atoms with Crippen LogP contribution >= 0.6 is 15.9 Å². The van der Waals surface area contributed by atoms with Gasteiger partial charge in [0.2, 0.25) is 0 Å². The summed E-state index contributed by atoms with van der Waals surface area (Å²) < 4.78 is 1.16. The topological polar surface area (TPSA) is 15.3 Å². The van der Waals surface area contributed by atoms with Gasteiger partial charge in [0.1, 0.15) is 0 Å². The Balaban J connectivity index is 2.22. The molecule has 0 aromatic heterocycles. The maximum absolute atomic E-state index is 3.62. The molecule has 0 aliphatic carbocycles. The first-order valence-electron chi connectivity index (χ1n) is 6.30. The van der Waals surface area contributed by atoms with Crippen LogP contribution in [0.4, 0.5) is 5.69 Å². The van der Waals surface area contributed by atoms with Crippen LogP contribution in [0.1, 0.15) is 25.8 Å². The fraction of sp³-hybridized carbons (Fsp3) is 0.571. The number of halogens is 1. The summed E-state index contributed by atoms with van der Waals surface area (Å²) in [4.78, 5) is 2.50. The van der Waals surface area contributed by atoms with E-state index in [4.69, 9.17) is 0 Å². The predicted octanol–water partition coefficient (Wildman–Crippen LogP) is 3.34. The molecule has 17 heavy (non-hydrogen) atoms. The second kappa shape index (κ2) is 4.99. The maximum Gasteiger partial charge on any atom is 0.0397 e. The molecule has 0 saturated carbocycles. The highest BCUT2D eigenvalue weighted by Crippen LogP contribution is 2.27. The highest BCUT2D eigenvalue weighted by Gasteiger charge is 2.29. The number of piperazine rings is 1. The lowest BCUT2D eigenvalue weighted by Gasteiger charge is -2.42. The van der Waals surface area contributed by atoms with Gasteiger partial charge in [0.15, 0.2) is 0 Å². The van der Waals surface area contributed by atoms with Crippen molar-refractivity contribution in [2.75, 3.05) is 24.5 Å². The Bertz CT molecular complexity index is 405. The van der Waals surface area contributed by atoms with E-state index in [-0.39, 0.29) is 5.54 Å². The van der Waals surface area contributed by atoms with Crippen molar-refractivity contribution in [3.05, 3.63) is 28.2 Å². The van der Waals surface area contributed by atoms with Gasteiger partial charge in [0, 0.05) is 35.3 Å². The van der Waals surface area contributed by atoms with Gasteiger partial charge in [-0.2, -0.15) is 0 Å². The van der Waals surface area contributed by atoms with Crippen molar-refractivity contribution >= 4 is 21.6 Å². The molecule has 1 saturated heterocycles. The van der Waals surface area contributed by atoms with Crippen molar-refractivity contribution in [3.8, 4) is 0 Å². The van der Waals surface area contributed by atoms with Crippen LogP contribution < -0.4 is 10.2 Å². The second-order valence-electron chi connectivity index (χ2n) is 5.19. The molecular formula is C14H21BrN2. The van der Waals surface area contributed by atoms with Crippen molar-refractivity contribution < 1.29 is 0 Å². The smallest absolute Gasteiger partial charge is 0.0397 e. The van der Waals surface area contributed by atoms with Crippen molar-refractivity contribution in [2.45, 2.75) is 32.7 Å². The number of anilines is 1. The molecule has 1 N–H and O–H groups in total. The van der Waals surface area contributed by atoms with Crippen molar-refractivity contribution in [1.29, 1.82) is 0 Å². The Morgan fingerprint density at radius 3 is 2.88 bits per heavy atom. The van der Waals surface area contributed by atoms with E-state index in [1.54, 1.807) is 0 Å². The van der Waals surface area contributed by atoms with Gasteiger partial charge in [-0.05, 0) is 44.0 Å². The average molecular weight is 297 g/mol. The summed E-state index contributed by atoms with van der Waals surface area (Å²) in [5.74, 6) is 0. The first kappa shape index (κ1) is 12.9. The zero-order valence-electron chi connectivity index (χ0n) is 10.9. The van der Waals surface area contributed by atoms with Crippen LogP contribution in [-0.4, -0.2) is 25.2 Å². The number of aryl methyl sites for hydroxylation is 1. The molecule has 1 aromatic rings. The van der Waals surface area contributed by atoms with Crippen molar-refractivity contribution in [1.82, 2.24) is 5.32 Å². The summed E-state index contributed by atoms with van der Waals surface area (Å²) in [5.41, 5.74) is 2.96. The van der Waals surface area contributed by atoms with Gasteiger partial charge < -0.3 is 10.2 Å². The van der Waals surface area contributed by atoms with E-state index in [0.29, 0.717) is 0 Å². The molecule has 1 fully saturated rings. The average Bonchev–Trinajstić information content (AvgIpc) is 2.29. The normalized spacial score (nSPS) is 25.1. The molecule has 1 atom stereocenters. The molecule has 2 rings (SSSR count). The molecule has 0 radical (unpaired) electrons. The third-order valence-electron chi connectivity index (χ3n) is 3.75. The number of nitrogens with zero attached hydrogens (tertiary/aromatic N) is 1. The van der Waals surface area contributed by atoms with E-state index < -0.39 is 0 Å². The summed E-state index contributed by atoms with van der Waals surface area (Å²) in [5, 5.41) is 3.62. The Labute approximate surface area is 113 Å². The quantitative estimate of drug-likeness (QED) is 0.900. The molecule has 94 valence electrons. The Hall–Kier alpha value is -0.540. The predicted molar refractivity (Wildman–Crippen MR) is 77.8 cm³/mol. The molecule has 1 aromatic carbocycles. The van der Waals surface area contributed by atoms with Gasteiger partial charge in [-0.1, -0.05) is 22.9 Å². The summed E-state index contributed by atoms with van der Waals surface area (Å²) in [6.07, 6.45) is 1.17. The van der Waals surface area contributed by atoms with E-state index in [2.05, 4.69) is 65.1 Å². The van der Waals surface area contributed by atoms with Crippen LogP contribution in [0.25, 0.3) is 0 Å². The van der Waals surface area contributed by atoms with Crippen molar-refractivity contribution in [2.24, 2.45) is 0 Å². The van der Waals surface area contributed by atoms with Crippen LogP contribution in [0.5, 0.6) is 0 Å². The lowest BCUT2D eigenvalue weighted by atomic mass is 9.95. The number of hydrogen-bond donors (Lipinski definition) is 1. The van der Waals surface area contributed by atoms with Gasteiger partial charge in [-0.25, -0.2) is 0 Å². The molecule has 1 heterocycles. The third-order valence-corrected chi connectivity index (χ3v) is 4.25. The Morgan fingerprint density at radius 1 is 1.47 bits per heavy atom. The molecule has 0 amide bonds. The van der Waals surface area contributed by atoms with Crippen LogP contribution in [0.15, 0.2) is 22.7 Å². The number of nitrogens with one attached hydrogen (secondary N) is 1. The van der Waals surface area contributed by atoms with E-state index in [0.717, 1.165) is 24.1 Å². The third kappa shape index (κ3) is 2.83. The molecule has 0 bridgehead atoms. The Morgan fingerprint density at radius 2 is 2.24 bits per heavy atom. The summed E-state index contributed by atoms with van der Waals surface area (Å²) in [6.45, 7) is 10.0. The summed E-state index contributed by atoms with van der Waals surface area (Å²) in [6, 6.07) is 6.55. The van der Waals surface area contributed by atoms with E-state index in [1.807, 2.05) is 0 Å². The highest BCUT2D eigenvalue weighted by molar-refractivity contribution is 9.10. The molecule has 1 aliphatic rings. The second-order valence-corrected chi connectivity index (χ2v) is 6.11. The van der Waals surface area contributed by atoms with Gasteiger partial charge >= 0.3 is 0 Å². The summed E-state index contributed by atoms with van der Waals surface area (Å²) in [7, 11) is 0. The van der Waals surface area contributed by atoms with Crippen LogP contribution in [0.2, 0.25) is 0 Å². The van der Waals surface area contributed by atoms with E-state index >= 15 is 0 Å². The molecule has 1 unspecified atom stereocenters. The van der Waals surface area contributed by atoms with Gasteiger partial charge in [-0.3, -0.25) is 0 Å². The minimum Gasteiger partial charge on any atom is -0.368 e. The first-order chi connectivity index (χ1) is 8.04. The molecule has 3 heteroatoms. The molecule has 2 nitrogen and oxygen atoms in total. The number of rotatable bonds is 2. The zero-order chi connectivity index (χ0) is 12.5. The maximum atomic E-state index is 3.62.